The minimum atomic E-state index is -3.01. The van der Waals surface area contributed by atoms with Crippen LogP contribution in [0, 0.1) is 0 Å². The Bertz CT molecular complexity index is 1190. The number of hydrogen-bond acceptors (Lipinski definition) is 9. The van der Waals surface area contributed by atoms with Gasteiger partial charge in [-0.05, 0) is 55.5 Å². The Hall–Kier alpha value is -1.22. The van der Waals surface area contributed by atoms with E-state index in [2.05, 4.69) is 95.2 Å². The Morgan fingerprint density at radius 1 is 0.651 bits per heavy atom. The molecule has 0 aromatic heterocycles. The molecule has 0 amide bonds. The van der Waals surface area contributed by atoms with Gasteiger partial charge in [-0.1, -0.05) is 113 Å². The third-order valence-electron chi connectivity index (χ3n) is 7.35. The summed E-state index contributed by atoms with van der Waals surface area (Å²) in [5.41, 5.74) is 1.60. The first-order valence-corrected chi connectivity index (χ1v) is 16.7. The fourth-order valence-corrected chi connectivity index (χ4v) is 5.29. The predicted octanol–water partition coefficient (Wildman–Crippen LogP) is 7.12. The monoisotopic (exact) mass is 642 g/mol. The van der Waals surface area contributed by atoms with Crippen molar-refractivity contribution in [3.05, 3.63) is 64.2 Å². The number of hydrogen-bond donors (Lipinski definition) is 5. The van der Waals surface area contributed by atoms with Crippen molar-refractivity contribution >= 4 is 17.2 Å². The molecule has 0 spiro atoms. The van der Waals surface area contributed by atoms with Gasteiger partial charge in [-0.3, -0.25) is 0 Å². The van der Waals surface area contributed by atoms with Gasteiger partial charge in [0.05, 0.1) is 13.2 Å². The van der Waals surface area contributed by atoms with Crippen LogP contribution in [-0.2, 0) is 35.7 Å². The van der Waals surface area contributed by atoms with Crippen LogP contribution >= 0.6 is 17.2 Å². The molecule has 0 aliphatic rings. The fourth-order valence-electron chi connectivity index (χ4n) is 4.74. The maximum atomic E-state index is 10.9. The molecule has 2 rings (SSSR count). The zero-order valence-corrected chi connectivity index (χ0v) is 29.5. The summed E-state index contributed by atoms with van der Waals surface area (Å²) in [6.07, 6.45) is -1.17. The van der Waals surface area contributed by atoms with E-state index in [1.54, 1.807) is 0 Å². The van der Waals surface area contributed by atoms with Crippen LogP contribution in [-0.4, -0.2) is 43.5 Å². The highest BCUT2D eigenvalue weighted by Crippen LogP contribution is 2.46. The molecule has 0 bridgehead atoms. The summed E-state index contributed by atoms with van der Waals surface area (Å²) < 4.78 is 16.9. The zero-order chi connectivity index (χ0) is 33.2. The lowest BCUT2D eigenvalue weighted by Crippen LogP contribution is -2.50. The van der Waals surface area contributed by atoms with Crippen molar-refractivity contribution in [1.82, 2.24) is 0 Å². The molecule has 0 aliphatic carbocycles. The summed E-state index contributed by atoms with van der Waals surface area (Å²) >= 11 is 0. The van der Waals surface area contributed by atoms with Crippen LogP contribution in [0.2, 0.25) is 0 Å². The van der Waals surface area contributed by atoms with Gasteiger partial charge in [-0.2, -0.15) is 4.67 Å². The number of aliphatic hydroxyl groups is 1. The van der Waals surface area contributed by atoms with Crippen LogP contribution in [0.1, 0.15) is 117 Å². The molecule has 2 aromatic rings. The van der Waals surface area contributed by atoms with E-state index in [1.807, 2.05) is 24.3 Å². The van der Waals surface area contributed by atoms with Crippen molar-refractivity contribution in [1.29, 1.82) is 0 Å². The standard InChI is InChI=1S/C32H52O9P2/c1-28(2,3)21-13-15-23(24(17-21)30(7,8)9)27(32(19-33,20-38-42(34)35)40-41-43(36)37)39-26-16-14-22(29(4,5)6)18-25(26)31(10,11)12/h13-18,27,33-37H,19-20H2,1-12H3. The average Bonchev–Trinajstić information content (AvgIpc) is 2.85. The SMILES string of the molecule is CC(C)(C)c1ccc(OC(c2ccc(C(C)(C)C)cc2C(C)(C)C)C(CO)(COP(O)O)OOP(O)O)c(C(C)(C)C)c1. The van der Waals surface area contributed by atoms with Crippen LogP contribution in [0.25, 0.3) is 0 Å². The Balaban J connectivity index is 2.99. The zero-order valence-electron chi connectivity index (χ0n) is 27.7. The highest BCUT2D eigenvalue weighted by molar-refractivity contribution is 7.39. The van der Waals surface area contributed by atoms with Crippen molar-refractivity contribution < 1.29 is 43.5 Å². The minimum absolute atomic E-state index is 0.126. The van der Waals surface area contributed by atoms with Crippen LogP contribution in [0.5, 0.6) is 5.75 Å². The number of ether oxygens (including phenoxy) is 1. The molecule has 43 heavy (non-hydrogen) atoms. The first-order valence-electron chi connectivity index (χ1n) is 14.3. The molecule has 0 saturated heterocycles. The van der Waals surface area contributed by atoms with Crippen LogP contribution in [0.4, 0.5) is 0 Å². The third-order valence-corrected chi connectivity index (χ3v) is 7.92. The maximum absolute atomic E-state index is 10.9. The normalized spacial score (nSPS) is 15.6. The largest absolute Gasteiger partial charge is 0.482 e. The molecule has 0 saturated carbocycles. The van der Waals surface area contributed by atoms with Crippen LogP contribution in [0.15, 0.2) is 36.4 Å². The van der Waals surface area contributed by atoms with E-state index in [4.69, 9.17) is 18.8 Å². The number of aliphatic hydroxyl groups excluding tert-OH is 1. The van der Waals surface area contributed by atoms with E-state index in [1.165, 1.54) is 0 Å². The lowest BCUT2D eigenvalue weighted by molar-refractivity contribution is -0.334. The second kappa shape index (κ2) is 14.0. The molecule has 0 heterocycles. The van der Waals surface area contributed by atoms with Gasteiger partial charge in [0, 0.05) is 0 Å². The summed E-state index contributed by atoms with van der Waals surface area (Å²) in [4.78, 5) is 44.2. The number of rotatable bonds is 11. The van der Waals surface area contributed by atoms with Gasteiger partial charge in [0.1, 0.15) is 5.75 Å². The molecule has 11 heteroatoms. The quantitative estimate of drug-likeness (QED) is 0.0986. The van der Waals surface area contributed by atoms with E-state index in [0.29, 0.717) is 11.3 Å². The molecule has 2 aromatic carbocycles. The highest BCUT2D eigenvalue weighted by Gasteiger charge is 2.48. The lowest BCUT2D eigenvalue weighted by atomic mass is 9.75. The molecule has 2 unspecified atom stereocenters. The summed E-state index contributed by atoms with van der Waals surface area (Å²) in [5.74, 6) is 0.511. The van der Waals surface area contributed by atoms with Crippen LogP contribution < -0.4 is 4.74 Å². The Kier molecular flexibility index (Phi) is 12.4. The lowest BCUT2D eigenvalue weighted by Gasteiger charge is -2.40. The average molecular weight is 643 g/mol. The van der Waals surface area contributed by atoms with Gasteiger partial charge in [0.2, 0.25) is 0 Å². The van der Waals surface area contributed by atoms with Gasteiger partial charge >= 0.3 is 17.2 Å². The number of benzene rings is 2. The molecule has 5 N–H and O–H groups in total. The van der Waals surface area contributed by atoms with Crippen LogP contribution in [0.3, 0.4) is 0 Å². The van der Waals surface area contributed by atoms with E-state index < -0.39 is 47.5 Å². The first kappa shape index (κ1) is 38.0. The summed E-state index contributed by atoms with van der Waals surface area (Å²) in [6.45, 7) is 23.8. The Labute approximate surface area is 260 Å². The van der Waals surface area contributed by atoms with Gasteiger partial charge < -0.3 is 33.9 Å². The van der Waals surface area contributed by atoms with E-state index in [-0.39, 0.29) is 16.2 Å². The first-order chi connectivity index (χ1) is 19.4. The predicted molar refractivity (Wildman–Crippen MR) is 172 cm³/mol. The molecule has 9 nitrogen and oxygen atoms in total. The summed E-state index contributed by atoms with van der Waals surface area (Å²) in [6, 6.07) is 12.0. The molecular formula is C32H52O9P2. The maximum Gasteiger partial charge on any atom is 0.357 e. The molecule has 2 atom stereocenters. The van der Waals surface area contributed by atoms with Crippen molar-refractivity contribution in [3.8, 4) is 5.75 Å². The Morgan fingerprint density at radius 3 is 1.56 bits per heavy atom. The van der Waals surface area contributed by atoms with Gasteiger partial charge in [0.15, 0.2) is 11.7 Å². The molecule has 0 aliphatic heterocycles. The highest BCUT2D eigenvalue weighted by atomic mass is 31.2. The minimum Gasteiger partial charge on any atom is -0.482 e. The van der Waals surface area contributed by atoms with Crippen molar-refractivity contribution in [2.75, 3.05) is 13.2 Å². The van der Waals surface area contributed by atoms with Gasteiger partial charge in [-0.25, -0.2) is 4.89 Å². The van der Waals surface area contributed by atoms with Crippen molar-refractivity contribution in [3.63, 3.8) is 0 Å². The van der Waals surface area contributed by atoms with Crippen molar-refractivity contribution in [2.24, 2.45) is 0 Å². The van der Waals surface area contributed by atoms with Crippen molar-refractivity contribution in [2.45, 2.75) is 116 Å². The molecule has 0 fully saturated rings. The summed E-state index contributed by atoms with van der Waals surface area (Å²) in [7, 11) is -5.87. The molecular weight excluding hydrogens is 590 g/mol. The van der Waals surface area contributed by atoms with E-state index >= 15 is 0 Å². The third kappa shape index (κ3) is 10.1. The van der Waals surface area contributed by atoms with E-state index in [9.17, 15) is 24.7 Å². The van der Waals surface area contributed by atoms with E-state index in [0.717, 1.165) is 22.3 Å². The Morgan fingerprint density at radius 2 is 1.14 bits per heavy atom. The van der Waals surface area contributed by atoms with Gasteiger partial charge in [0.25, 0.3) is 0 Å². The smallest absolute Gasteiger partial charge is 0.357 e. The molecule has 244 valence electrons. The topological polar surface area (TPSA) is 138 Å². The second-order valence-corrected chi connectivity index (χ2v) is 16.6. The summed E-state index contributed by atoms with van der Waals surface area (Å²) in [5, 5.41) is 10.9. The molecule has 0 radical (unpaired) electrons. The second-order valence-electron chi connectivity index (χ2n) is 15.2. The fraction of sp³-hybridized carbons (Fsp3) is 0.625. The van der Waals surface area contributed by atoms with Gasteiger partial charge in [-0.15, -0.1) is 0 Å².